The summed E-state index contributed by atoms with van der Waals surface area (Å²) in [6.07, 6.45) is -3.29. The lowest BCUT2D eigenvalue weighted by Gasteiger charge is -2.08. The van der Waals surface area contributed by atoms with Crippen LogP contribution in [0.5, 0.6) is 0 Å². The Bertz CT molecular complexity index is 381. The molecule has 0 unspecified atom stereocenters. The summed E-state index contributed by atoms with van der Waals surface area (Å²) in [5.74, 6) is 0. The van der Waals surface area contributed by atoms with Crippen molar-refractivity contribution in [3.8, 4) is 6.07 Å². The van der Waals surface area contributed by atoms with Crippen LogP contribution in [0, 0.1) is 11.3 Å². The van der Waals surface area contributed by atoms with Crippen molar-refractivity contribution < 1.29 is 13.2 Å². The Hall–Kier alpha value is -1.09. The summed E-state index contributed by atoms with van der Waals surface area (Å²) in [4.78, 5) is 3.51. The van der Waals surface area contributed by atoms with Crippen LogP contribution in [0.25, 0.3) is 0 Å². The van der Waals surface area contributed by atoms with E-state index in [1.165, 1.54) is 6.20 Å². The average Bonchev–Trinajstić information content (AvgIpc) is 2.07. The Morgan fingerprint density at radius 3 is 2.64 bits per heavy atom. The summed E-state index contributed by atoms with van der Waals surface area (Å²) in [6.45, 7) is 0. The highest BCUT2D eigenvalue weighted by molar-refractivity contribution is 9.10. The van der Waals surface area contributed by atoms with Gasteiger partial charge in [0.2, 0.25) is 0 Å². The molecule has 0 N–H and O–H groups in total. The number of aromatic nitrogens is 1. The first-order valence-electron chi connectivity index (χ1n) is 3.53. The molecule has 1 rings (SSSR count). The van der Waals surface area contributed by atoms with Crippen molar-refractivity contribution in [1.82, 2.24) is 4.98 Å². The normalized spacial score (nSPS) is 11.1. The van der Waals surface area contributed by atoms with Crippen molar-refractivity contribution in [3.05, 3.63) is 28.0 Å². The van der Waals surface area contributed by atoms with Crippen LogP contribution in [0.1, 0.15) is 11.1 Å². The van der Waals surface area contributed by atoms with Crippen LogP contribution in [0.4, 0.5) is 13.2 Å². The zero-order valence-electron chi connectivity index (χ0n) is 6.77. The number of pyridine rings is 1. The van der Waals surface area contributed by atoms with Crippen LogP contribution in [0.2, 0.25) is 0 Å². The van der Waals surface area contributed by atoms with Gasteiger partial charge in [0.15, 0.2) is 0 Å². The van der Waals surface area contributed by atoms with Gasteiger partial charge in [0.1, 0.15) is 4.60 Å². The summed E-state index contributed by atoms with van der Waals surface area (Å²) in [7, 11) is 0. The Balaban J connectivity index is 3.17. The van der Waals surface area contributed by atoms with E-state index in [2.05, 4.69) is 20.9 Å². The van der Waals surface area contributed by atoms with E-state index in [4.69, 9.17) is 5.26 Å². The van der Waals surface area contributed by atoms with Crippen molar-refractivity contribution in [2.75, 3.05) is 0 Å². The van der Waals surface area contributed by atoms with Gasteiger partial charge < -0.3 is 0 Å². The summed E-state index contributed by atoms with van der Waals surface area (Å²) < 4.78 is 36.7. The maximum absolute atomic E-state index is 12.3. The molecule has 0 aliphatic carbocycles. The number of alkyl halides is 3. The lowest BCUT2D eigenvalue weighted by atomic mass is 10.1. The number of nitriles is 1. The highest BCUT2D eigenvalue weighted by atomic mass is 79.9. The zero-order valence-corrected chi connectivity index (χ0v) is 8.35. The smallest absolute Gasteiger partial charge is 0.248 e. The SMILES string of the molecule is N#CCc1cnc(Br)c(C(F)(F)F)c1. The van der Waals surface area contributed by atoms with E-state index in [1.807, 2.05) is 0 Å². The van der Waals surface area contributed by atoms with Gasteiger partial charge in [-0.3, -0.25) is 0 Å². The van der Waals surface area contributed by atoms with Crippen molar-refractivity contribution in [3.63, 3.8) is 0 Å². The van der Waals surface area contributed by atoms with Gasteiger partial charge in [-0.1, -0.05) is 0 Å². The van der Waals surface area contributed by atoms with Gasteiger partial charge in [0.05, 0.1) is 18.1 Å². The van der Waals surface area contributed by atoms with E-state index in [9.17, 15) is 13.2 Å². The summed E-state index contributed by atoms with van der Waals surface area (Å²) >= 11 is 2.70. The van der Waals surface area contributed by atoms with Crippen LogP contribution in [0.3, 0.4) is 0 Å². The predicted octanol–water partition coefficient (Wildman–Crippen LogP) is 2.93. The molecule has 0 saturated carbocycles. The monoisotopic (exact) mass is 264 g/mol. The fraction of sp³-hybridized carbons (Fsp3) is 0.250. The van der Waals surface area contributed by atoms with Crippen LogP contribution in [-0.2, 0) is 12.6 Å². The molecule has 0 bridgehead atoms. The highest BCUT2D eigenvalue weighted by Crippen LogP contribution is 2.34. The average molecular weight is 265 g/mol. The van der Waals surface area contributed by atoms with Crippen molar-refractivity contribution in [2.45, 2.75) is 12.6 Å². The molecular formula is C8H4BrF3N2. The Morgan fingerprint density at radius 2 is 2.14 bits per heavy atom. The van der Waals surface area contributed by atoms with E-state index in [-0.39, 0.29) is 16.6 Å². The lowest BCUT2D eigenvalue weighted by Crippen LogP contribution is -2.07. The Labute approximate surface area is 86.5 Å². The third-order valence-corrected chi connectivity index (χ3v) is 2.12. The molecule has 1 aromatic rings. The summed E-state index contributed by atoms with van der Waals surface area (Å²) in [6, 6.07) is 2.68. The van der Waals surface area contributed by atoms with Crippen LogP contribution >= 0.6 is 15.9 Å². The van der Waals surface area contributed by atoms with Crippen molar-refractivity contribution in [2.24, 2.45) is 0 Å². The minimum atomic E-state index is -4.45. The second kappa shape index (κ2) is 3.96. The summed E-state index contributed by atoms with van der Waals surface area (Å²) in [5.41, 5.74) is -0.603. The Morgan fingerprint density at radius 1 is 1.50 bits per heavy atom. The first-order chi connectivity index (χ1) is 6.45. The molecule has 0 spiro atoms. The van der Waals surface area contributed by atoms with E-state index in [0.29, 0.717) is 0 Å². The number of halogens is 4. The van der Waals surface area contributed by atoms with Gasteiger partial charge in [-0.05, 0) is 27.6 Å². The standard InChI is InChI=1S/C8H4BrF3N2/c9-7-6(8(10,11)12)3-5(1-2-13)4-14-7/h3-4H,1H2. The quantitative estimate of drug-likeness (QED) is 0.732. The summed E-state index contributed by atoms with van der Waals surface area (Å²) in [5, 5.41) is 8.31. The lowest BCUT2D eigenvalue weighted by molar-refractivity contribution is -0.138. The molecule has 0 aliphatic rings. The molecular weight excluding hydrogens is 261 g/mol. The molecule has 2 nitrogen and oxygen atoms in total. The molecule has 0 aromatic carbocycles. The van der Waals surface area contributed by atoms with E-state index in [1.54, 1.807) is 6.07 Å². The molecule has 0 saturated heterocycles. The van der Waals surface area contributed by atoms with Gasteiger partial charge in [-0.2, -0.15) is 18.4 Å². The van der Waals surface area contributed by atoms with E-state index >= 15 is 0 Å². The van der Waals surface area contributed by atoms with Crippen LogP contribution in [-0.4, -0.2) is 4.98 Å². The second-order valence-electron chi connectivity index (χ2n) is 2.51. The molecule has 14 heavy (non-hydrogen) atoms. The number of nitrogens with zero attached hydrogens (tertiary/aromatic N) is 2. The maximum Gasteiger partial charge on any atom is 0.419 e. The van der Waals surface area contributed by atoms with Gasteiger partial charge in [-0.25, -0.2) is 4.98 Å². The molecule has 0 radical (unpaired) electrons. The fourth-order valence-corrected chi connectivity index (χ4v) is 1.32. The molecule has 0 atom stereocenters. The molecule has 0 aliphatic heterocycles. The first kappa shape index (κ1) is 11.0. The number of rotatable bonds is 1. The molecule has 0 fully saturated rings. The molecule has 74 valence electrons. The molecule has 1 heterocycles. The van der Waals surface area contributed by atoms with Crippen molar-refractivity contribution in [1.29, 1.82) is 5.26 Å². The molecule has 6 heteroatoms. The van der Waals surface area contributed by atoms with Crippen LogP contribution < -0.4 is 0 Å². The van der Waals surface area contributed by atoms with Crippen molar-refractivity contribution >= 4 is 15.9 Å². The minimum Gasteiger partial charge on any atom is -0.248 e. The third-order valence-electron chi connectivity index (χ3n) is 1.48. The topological polar surface area (TPSA) is 36.7 Å². The zero-order chi connectivity index (χ0) is 10.8. The third kappa shape index (κ3) is 2.45. The van der Waals surface area contributed by atoms with Crippen LogP contribution in [0.15, 0.2) is 16.9 Å². The van der Waals surface area contributed by atoms with Gasteiger partial charge in [0, 0.05) is 6.20 Å². The second-order valence-corrected chi connectivity index (χ2v) is 3.27. The largest absolute Gasteiger partial charge is 0.419 e. The Kier molecular flexibility index (Phi) is 3.11. The maximum atomic E-state index is 12.3. The first-order valence-corrected chi connectivity index (χ1v) is 4.33. The number of hydrogen-bond donors (Lipinski definition) is 0. The van der Waals surface area contributed by atoms with Gasteiger partial charge in [0.25, 0.3) is 0 Å². The highest BCUT2D eigenvalue weighted by Gasteiger charge is 2.33. The van der Waals surface area contributed by atoms with E-state index < -0.39 is 11.7 Å². The van der Waals surface area contributed by atoms with Gasteiger partial charge in [-0.15, -0.1) is 0 Å². The van der Waals surface area contributed by atoms with Gasteiger partial charge >= 0.3 is 6.18 Å². The number of hydrogen-bond acceptors (Lipinski definition) is 2. The fourth-order valence-electron chi connectivity index (χ4n) is 0.878. The predicted molar refractivity (Wildman–Crippen MR) is 46.3 cm³/mol. The minimum absolute atomic E-state index is 0.0800. The molecule has 1 aromatic heterocycles. The molecule has 0 amide bonds. The van der Waals surface area contributed by atoms with E-state index in [0.717, 1.165) is 6.07 Å².